The first-order valence-electron chi connectivity index (χ1n) is 8.24. The average Bonchev–Trinajstić information content (AvgIpc) is 2.61. The summed E-state index contributed by atoms with van der Waals surface area (Å²) in [6, 6.07) is 11.5. The highest BCUT2D eigenvalue weighted by Crippen LogP contribution is 2.26. The zero-order valence-electron chi connectivity index (χ0n) is 14.4. The number of nitrogens with zero attached hydrogens (tertiary/aromatic N) is 1. The Kier molecular flexibility index (Phi) is 4.92. The molecule has 0 spiro atoms. The maximum absolute atomic E-state index is 12.3. The summed E-state index contributed by atoms with van der Waals surface area (Å²) in [5.74, 6) is 0.0280. The minimum absolute atomic E-state index is 0.142. The van der Waals surface area contributed by atoms with Crippen LogP contribution in [0.1, 0.15) is 34.3 Å². The van der Waals surface area contributed by atoms with Crippen LogP contribution in [-0.2, 0) is 22.9 Å². The summed E-state index contributed by atoms with van der Waals surface area (Å²) in [7, 11) is -0.576. The number of sulfonamides is 1. The molecular formula is C19H21NO4S. The highest BCUT2D eigenvalue weighted by molar-refractivity contribution is 7.89. The van der Waals surface area contributed by atoms with Gasteiger partial charge in [0.2, 0.25) is 10.0 Å². The van der Waals surface area contributed by atoms with Gasteiger partial charge < -0.3 is 4.74 Å². The molecule has 3 rings (SSSR count). The van der Waals surface area contributed by atoms with Crippen molar-refractivity contribution in [2.45, 2.75) is 30.6 Å². The molecule has 0 unspecified atom stereocenters. The second kappa shape index (κ2) is 6.98. The van der Waals surface area contributed by atoms with Gasteiger partial charge in [0.1, 0.15) is 5.75 Å². The zero-order valence-corrected chi connectivity index (χ0v) is 15.2. The van der Waals surface area contributed by atoms with Crippen LogP contribution in [0.4, 0.5) is 0 Å². The van der Waals surface area contributed by atoms with Crippen LogP contribution in [0.15, 0.2) is 47.4 Å². The minimum atomic E-state index is -3.51. The number of hydrogen-bond donors (Lipinski definition) is 0. The van der Waals surface area contributed by atoms with Crippen LogP contribution in [0.3, 0.4) is 0 Å². The van der Waals surface area contributed by atoms with Gasteiger partial charge in [-0.05, 0) is 73.2 Å². The number of aryl methyl sites for hydroxylation is 2. The molecule has 5 nitrogen and oxygen atoms in total. The first-order valence-corrected chi connectivity index (χ1v) is 9.68. The van der Waals surface area contributed by atoms with Crippen molar-refractivity contribution in [2.75, 3.05) is 14.1 Å². The van der Waals surface area contributed by atoms with Gasteiger partial charge in [-0.1, -0.05) is 6.07 Å². The molecule has 25 heavy (non-hydrogen) atoms. The average molecular weight is 359 g/mol. The van der Waals surface area contributed by atoms with Crippen LogP contribution in [0.25, 0.3) is 0 Å². The number of carbonyl (C=O) groups is 1. The summed E-state index contributed by atoms with van der Waals surface area (Å²) in [6.07, 6.45) is 4.45. The number of hydrogen-bond acceptors (Lipinski definition) is 4. The van der Waals surface area contributed by atoms with Gasteiger partial charge in [-0.15, -0.1) is 0 Å². The van der Waals surface area contributed by atoms with E-state index in [9.17, 15) is 13.2 Å². The lowest BCUT2D eigenvalue weighted by atomic mass is 9.92. The number of rotatable bonds is 4. The Bertz CT molecular complexity index is 886. The van der Waals surface area contributed by atoms with E-state index >= 15 is 0 Å². The number of esters is 1. The topological polar surface area (TPSA) is 63.7 Å². The van der Waals surface area contributed by atoms with Crippen molar-refractivity contribution in [1.29, 1.82) is 0 Å². The van der Waals surface area contributed by atoms with Gasteiger partial charge in [0.25, 0.3) is 0 Å². The van der Waals surface area contributed by atoms with Gasteiger partial charge >= 0.3 is 5.97 Å². The lowest BCUT2D eigenvalue weighted by Gasteiger charge is -2.16. The van der Waals surface area contributed by atoms with Crippen LogP contribution >= 0.6 is 0 Å². The predicted molar refractivity (Wildman–Crippen MR) is 95.4 cm³/mol. The molecule has 6 heteroatoms. The molecule has 0 saturated carbocycles. The Morgan fingerprint density at radius 2 is 1.60 bits per heavy atom. The predicted octanol–water partition coefficient (Wildman–Crippen LogP) is 3.03. The molecule has 0 aliphatic heterocycles. The zero-order chi connectivity index (χ0) is 18.0. The van der Waals surface area contributed by atoms with E-state index in [-0.39, 0.29) is 4.90 Å². The van der Waals surface area contributed by atoms with Crippen molar-refractivity contribution >= 4 is 16.0 Å². The molecule has 1 aliphatic rings. The minimum Gasteiger partial charge on any atom is -0.423 e. The van der Waals surface area contributed by atoms with E-state index < -0.39 is 16.0 Å². The van der Waals surface area contributed by atoms with Gasteiger partial charge in [-0.25, -0.2) is 17.5 Å². The van der Waals surface area contributed by atoms with Gasteiger partial charge in [0, 0.05) is 14.1 Å². The van der Waals surface area contributed by atoms with E-state index in [2.05, 4.69) is 0 Å². The van der Waals surface area contributed by atoms with Crippen LogP contribution < -0.4 is 4.74 Å². The van der Waals surface area contributed by atoms with Crippen molar-refractivity contribution in [3.05, 3.63) is 59.2 Å². The van der Waals surface area contributed by atoms with Crippen LogP contribution in [0.5, 0.6) is 5.75 Å². The monoisotopic (exact) mass is 359 g/mol. The van der Waals surface area contributed by atoms with E-state index in [4.69, 9.17) is 4.74 Å². The van der Waals surface area contributed by atoms with Crippen molar-refractivity contribution in [3.8, 4) is 5.75 Å². The third-order valence-corrected chi connectivity index (χ3v) is 6.23. The highest BCUT2D eigenvalue weighted by Gasteiger charge is 2.18. The van der Waals surface area contributed by atoms with E-state index in [1.54, 1.807) is 0 Å². The normalized spacial score (nSPS) is 14.2. The Morgan fingerprint density at radius 3 is 2.24 bits per heavy atom. The summed E-state index contributed by atoms with van der Waals surface area (Å²) in [4.78, 5) is 12.4. The van der Waals surface area contributed by atoms with Crippen LogP contribution in [0.2, 0.25) is 0 Å². The Hall–Kier alpha value is -2.18. The lowest BCUT2D eigenvalue weighted by molar-refractivity contribution is 0.0734. The molecule has 0 fully saturated rings. The smallest absolute Gasteiger partial charge is 0.343 e. The maximum Gasteiger partial charge on any atom is 0.343 e. The molecule has 0 bridgehead atoms. The SMILES string of the molecule is CN(C)S(=O)(=O)c1ccc(C(=O)Oc2ccc3c(c2)CCCC3)cc1. The van der Waals surface area contributed by atoms with Gasteiger partial charge in [-0.2, -0.15) is 0 Å². The molecule has 0 radical (unpaired) electrons. The number of benzene rings is 2. The van der Waals surface area contributed by atoms with Crippen molar-refractivity contribution in [1.82, 2.24) is 4.31 Å². The maximum atomic E-state index is 12.3. The fourth-order valence-electron chi connectivity index (χ4n) is 2.91. The third kappa shape index (κ3) is 3.75. The molecule has 2 aromatic rings. The van der Waals surface area contributed by atoms with Crippen molar-refractivity contribution in [2.24, 2.45) is 0 Å². The standard InChI is InChI=1S/C19H21NO4S/c1-20(2)25(22,23)18-11-8-15(9-12-18)19(21)24-17-10-7-14-5-3-4-6-16(14)13-17/h7-13H,3-6H2,1-2H3. The second-order valence-electron chi connectivity index (χ2n) is 6.34. The number of fused-ring (bicyclic) bond motifs is 1. The summed E-state index contributed by atoms with van der Waals surface area (Å²) >= 11 is 0. The molecule has 1 aliphatic carbocycles. The molecule has 2 aromatic carbocycles. The van der Waals surface area contributed by atoms with Crippen LogP contribution in [0, 0.1) is 0 Å². The quantitative estimate of drug-likeness (QED) is 0.622. The fourth-order valence-corrected chi connectivity index (χ4v) is 3.81. The first kappa shape index (κ1) is 17.6. The molecular weight excluding hydrogens is 338 g/mol. The van der Waals surface area contributed by atoms with E-state index in [1.165, 1.54) is 55.9 Å². The van der Waals surface area contributed by atoms with Crippen molar-refractivity contribution in [3.63, 3.8) is 0 Å². The van der Waals surface area contributed by atoms with Crippen molar-refractivity contribution < 1.29 is 17.9 Å². The molecule has 0 N–H and O–H groups in total. The highest BCUT2D eigenvalue weighted by atomic mass is 32.2. The molecule has 0 aromatic heterocycles. The summed E-state index contributed by atoms with van der Waals surface area (Å²) < 4.78 is 30.7. The summed E-state index contributed by atoms with van der Waals surface area (Å²) in [5, 5.41) is 0. The van der Waals surface area contributed by atoms with Gasteiger partial charge in [-0.3, -0.25) is 0 Å². The third-order valence-electron chi connectivity index (χ3n) is 4.40. The number of ether oxygens (including phenoxy) is 1. The molecule has 0 amide bonds. The summed E-state index contributed by atoms with van der Waals surface area (Å²) in [6.45, 7) is 0. The van der Waals surface area contributed by atoms with Gasteiger partial charge in [0.05, 0.1) is 10.5 Å². The molecule has 132 valence electrons. The summed E-state index contributed by atoms with van der Waals surface area (Å²) in [5.41, 5.74) is 2.88. The van der Waals surface area contributed by atoms with Gasteiger partial charge in [0.15, 0.2) is 0 Å². The van der Waals surface area contributed by atoms with Crippen LogP contribution in [-0.4, -0.2) is 32.8 Å². The second-order valence-corrected chi connectivity index (χ2v) is 8.49. The first-order chi connectivity index (χ1) is 11.9. The lowest BCUT2D eigenvalue weighted by Crippen LogP contribution is -2.22. The molecule has 0 saturated heterocycles. The Morgan fingerprint density at radius 1 is 0.960 bits per heavy atom. The molecule has 0 heterocycles. The Balaban J connectivity index is 1.75. The largest absolute Gasteiger partial charge is 0.423 e. The number of carbonyl (C=O) groups excluding carboxylic acids is 1. The molecule has 0 atom stereocenters. The van der Waals surface area contributed by atoms with E-state index in [0.717, 1.165) is 23.6 Å². The fraction of sp³-hybridized carbons (Fsp3) is 0.316. The Labute approximate surface area is 148 Å². The van der Waals surface area contributed by atoms with E-state index in [1.807, 2.05) is 18.2 Å². The van der Waals surface area contributed by atoms with E-state index in [0.29, 0.717) is 11.3 Å².